The van der Waals surface area contributed by atoms with Crippen molar-refractivity contribution in [3.05, 3.63) is 71.3 Å². The lowest BCUT2D eigenvalue weighted by Gasteiger charge is -2.24. The van der Waals surface area contributed by atoms with Crippen LogP contribution in [0, 0.1) is 16.7 Å². The normalized spacial score (nSPS) is 11.7. The van der Waals surface area contributed by atoms with Gasteiger partial charge in [-0.25, -0.2) is 4.79 Å². The van der Waals surface area contributed by atoms with E-state index in [0.717, 1.165) is 5.56 Å². The third-order valence-electron chi connectivity index (χ3n) is 4.68. The van der Waals surface area contributed by atoms with E-state index in [1.807, 2.05) is 57.2 Å². The molecule has 2 aromatic carbocycles. The van der Waals surface area contributed by atoms with Crippen molar-refractivity contribution in [1.82, 2.24) is 0 Å². The van der Waals surface area contributed by atoms with Crippen LogP contribution in [0.25, 0.3) is 5.57 Å². The SMILES string of the molecule is CCCC(=O)OCC(C)(C)COC(=O)/C(C#N)=C(\c1ccccc1)c1ccc(OC)cc1. The van der Waals surface area contributed by atoms with Gasteiger partial charge in [0.25, 0.3) is 0 Å². The van der Waals surface area contributed by atoms with Crippen LogP contribution in [-0.2, 0) is 19.1 Å². The van der Waals surface area contributed by atoms with Crippen LogP contribution in [-0.4, -0.2) is 32.3 Å². The maximum absolute atomic E-state index is 12.9. The van der Waals surface area contributed by atoms with Gasteiger partial charge in [-0.2, -0.15) is 5.26 Å². The first-order valence-electron chi connectivity index (χ1n) is 10.5. The minimum atomic E-state index is -0.727. The number of hydrogen-bond acceptors (Lipinski definition) is 6. The summed E-state index contributed by atoms with van der Waals surface area (Å²) >= 11 is 0. The van der Waals surface area contributed by atoms with Crippen molar-refractivity contribution in [3.63, 3.8) is 0 Å². The van der Waals surface area contributed by atoms with Crippen molar-refractivity contribution in [3.8, 4) is 11.8 Å². The molecule has 0 amide bonds. The number of methoxy groups -OCH3 is 1. The number of benzene rings is 2. The fourth-order valence-electron chi connectivity index (χ4n) is 2.95. The lowest BCUT2D eigenvalue weighted by atomic mass is 9.93. The molecule has 0 aromatic heterocycles. The van der Waals surface area contributed by atoms with Crippen molar-refractivity contribution in [1.29, 1.82) is 5.26 Å². The zero-order valence-electron chi connectivity index (χ0n) is 19.0. The van der Waals surface area contributed by atoms with Crippen LogP contribution in [0.4, 0.5) is 0 Å². The van der Waals surface area contributed by atoms with Gasteiger partial charge in [-0.3, -0.25) is 4.79 Å². The summed E-state index contributed by atoms with van der Waals surface area (Å²) in [5, 5.41) is 9.85. The van der Waals surface area contributed by atoms with Crippen molar-refractivity contribution < 1.29 is 23.8 Å². The summed E-state index contributed by atoms with van der Waals surface area (Å²) in [6.45, 7) is 5.68. The Morgan fingerprint density at radius 2 is 1.53 bits per heavy atom. The first-order valence-corrected chi connectivity index (χ1v) is 10.5. The highest BCUT2D eigenvalue weighted by molar-refractivity contribution is 6.05. The highest BCUT2D eigenvalue weighted by Gasteiger charge is 2.26. The maximum Gasteiger partial charge on any atom is 0.349 e. The lowest BCUT2D eigenvalue weighted by molar-refractivity contribution is -0.150. The first kappa shape index (κ1) is 24.7. The minimum Gasteiger partial charge on any atom is -0.497 e. The molecule has 0 radical (unpaired) electrons. The Morgan fingerprint density at radius 1 is 0.938 bits per heavy atom. The third-order valence-corrected chi connectivity index (χ3v) is 4.68. The van der Waals surface area contributed by atoms with E-state index < -0.39 is 11.4 Å². The lowest BCUT2D eigenvalue weighted by Crippen LogP contribution is -2.29. The molecule has 0 saturated carbocycles. The molecule has 0 aliphatic heterocycles. The van der Waals surface area contributed by atoms with Gasteiger partial charge in [0.1, 0.15) is 24.0 Å². The molecule has 0 fully saturated rings. The maximum atomic E-state index is 12.9. The van der Waals surface area contributed by atoms with E-state index >= 15 is 0 Å². The van der Waals surface area contributed by atoms with Gasteiger partial charge < -0.3 is 14.2 Å². The van der Waals surface area contributed by atoms with Crippen molar-refractivity contribution >= 4 is 17.5 Å². The number of carbonyl (C=O) groups excluding carboxylic acids is 2. The molecule has 0 bridgehead atoms. The van der Waals surface area contributed by atoms with E-state index in [9.17, 15) is 14.9 Å². The molecule has 2 aromatic rings. The summed E-state index contributed by atoms with van der Waals surface area (Å²) in [5.41, 5.74) is 1.21. The molecule has 0 aliphatic carbocycles. The van der Waals surface area contributed by atoms with Gasteiger partial charge in [-0.1, -0.05) is 63.2 Å². The summed E-state index contributed by atoms with van der Waals surface area (Å²) in [4.78, 5) is 24.6. The zero-order chi connectivity index (χ0) is 23.6. The van der Waals surface area contributed by atoms with Crippen LogP contribution >= 0.6 is 0 Å². The molecule has 6 nitrogen and oxygen atoms in total. The van der Waals surface area contributed by atoms with Crippen LogP contribution in [0.2, 0.25) is 0 Å². The molecular formula is C26H29NO5. The van der Waals surface area contributed by atoms with Gasteiger partial charge in [0.2, 0.25) is 0 Å². The molecule has 0 aliphatic rings. The van der Waals surface area contributed by atoms with Crippen LogP contribution in [0.15, 0.2) is 60.2 Å². The summed E-state index contributed by atoms with van der Waals surface area (Å²) in [7, 11) is 1.57. The number of nitriles is 1. The molecule has 0 heterocycles. The summed E-state index contributed by atoms with van der Waals surface area (Å²) in [6, 6.07) is 18.4. The second-order valence-electron chi connectivity index (χ2n) is 8.11. The van der Waals surface area contributed by atoms with E-state index in [2.05, 4.69) is 0 Å². The van der Waals surface area contributed by atoms with Gasteiger partial charge in [0.05, 0.1) is 13.7 Å². The van der Waals surface area contributed by atoms with E-state index in [1.165, 1.54) is 0 Å². The number of ether oxygens (including phenoxy) is 3. The van der Waals surface area contributed by atoms with Crippen LogP contribution in [0.1, 0.15) is 44.7 Å². The van der Waals surface area contributed by atoms with E-state index in [-0.39, 0.29) is 24.8 Å². The van der Waals surface area contributed by atoms with E-state index in [1.54, 1.807) is 31.4 Å². The average Bonchev–Trinajstić information content (AvgIpc) is 2.80. The molecule has 0 atom stereocenters. The Labute approximate surface area is 189 Å². The fourth-order valence-corrected chi connectivity index (χ4v) is 2.95. The predicted molar refractivity (Wildman–Crippen MR) is 122 cm³/mol. The number of esters is 2. The zero-order valence-corrected chi connectivity index (χ0v) is 19.0. The molecule has 0 saturated heterocycles. The molecule has 6 heteroatoms. The van der Waals surface area contributed by atoms with Gasteiger partial charge in [0, 0.05) is 17.4 Å². The topological polar surface area (TPSA) is 85.6 Å². The molecule has 168 valence electrons. The molecule has 0 spiro atoms. The Hall–Kier alpha value is -3.59. The first-order chi connectivity index (χ1) is 15.3. The van der Waals surface area contributed by atoms with E-state index in [4.69, 9.17) is 14.2 Å². The highest BCUT2D eigenvalue weighted by atomic mass is 16.5. The average molecular weight is 436 g/mol. The Morgan fingerprint density at radius 3 is 2.09 bits per heavy atom. The number of nitrogens with zero attached hydrogens (tertiary/aromatic N) is 1. The molecule has 0 N–H and O–H groups in total. The third kappa shape index (κ3) is 6.98. The fraction of sp³-hybridized carbons (Fsp3) is 0.346. The Kier molecular flexibility index (Phi) is 9.03. The largest absolute Gasteiger partial charge is 0.497 e. The van der Waals surface area contributed by atoms with Crippen LogP contribution in [0.3, 0.4) is 0 Å². The number of rotatable bonds is 10. The Balaban J connectivity index is 2.29. The standard InChI is InChI=1S/C26H29NO5/c1-5-9-23(28)31-17-26(2,3)18-32-25(29)22(16-27)24(19-10-7-6-8-11-19)20-12-14-21(30-4)15-13-20/h6-8,10-15H,5,9,17-18H2,1-4H3/b24-22+. The van der Waals surface area contributed by atoms with Gasteiger partial charge in [0.15, 0.2) is 0 Å². The van der Waals surface area contributed by atoms with Crippen LogP contribution < -0.4 is 4.74 Å². The van der Waals surface area contributed by atoms with E-state index in [0.29, 0.717) is 29.7 Å². The van der Waals surface area contributed by atoms with Crippen molar-refractivity contribution in [2.75, 3.05) is 20.3 Å². The highest BCUT2D eigenvalue weighted by Crippen LogP contribution is 2.29. The number of carbonyl (C=O) groups is 2. The summed E-state index contributed by atoms with van der Waals surface area (Å²) < 4.78 is 16.0. The molecular weight excluding hydrogens is 406 g/mol. The molecule has 32 heavy (non-hydrogen) atoms. The predicted octanol–water partition coefficient (Wildman–Crippen LogP) is 4.93. The quantitative estimate of drug-likeness (QED) is 0.299. The summed E-state index contributed by atoms with van der Waals surface area (Å²) in [5.74, 6) is -0.341. The van der Waals surface area contributed by atoms with Gasteiger partial charge >= 0.3 is 11.9 Å². The smallest absolute Gasteiger partial charge is 0.349 e. The Bertz CT molecular complexity index is 985. The minimum absolute atomic E-state index is 0.00109. The monoisotopic (exact) mass is 435 g/mol. The second kappa shape index (κ2) is 11.7. The molecule has 0 unspecified atom stereocenters. The summed E-state index contributed by atoms with van der Waals surface area (Å²) in [6.07, 6.45) is 1.05. The van der Waals surface area contributed by atoms with Crippen LogP contribution in [0.5, 0.6) is 5.75 Å². The van der Waals surface area contributed by atoms with Crippen molar-refractivity contribution in [2.45, 2.75) is 33.6 Å². The molecule has 2 rings (SSSR count). The second-order valence-corrected chi connectivity index (χ2v) is 8.11. The van der Waals surface area contributed by atoms with Gasteiger partial charge in [-0.05, 0) is 29.7 Å². The van der Waals surface area contributed by atoms with Crippen molar-refractivity contribution in [2.24, 2.45) is 5.41 Å². The number of hydrogen-bond donors (Lipinski definition) is 0. The van der Waals surface area contributed by atoms with Gasteiger partial charge in [-0.15, -0.1) is 0 Å².